The Labute approximate surface area is 98.3 Å². The molecule has 1 aromatic rings. The maximum Gasteiger partial charge on any atom is 0.119 e. The predicted octanol–water partition coefficient (Wildman–Crippen LogP) is 3.14. The molecule has 0 spiro atoms. The molecule has 88 valence electrons. The summed E-state index contributed by atoms with van der Waals surface area (Å²) < 4.78 is 5.53. The zero-order valence-electron chi connectivity index (χ0n) is 10.3. The Balaban J connectivity index is 2.38. The lowest BCUT2D eigenvalue weighted by Crippen LogP contribution is -2.13. The Bertz CT molecular complexity index is 316. The van der Waals surface area contributed by atoms with Crippen LogP contribution in [0.15, 0.2) is 36.4 Å². The zero-order chi connectivity index (χ0) is 11.8. The second-order valence-corrected chi connectivity index (χ2v) is 4.07. The minimum Gasteiger partial charge on any atom is -0.489 e. The smallest absolute Gasteiger partial charge is 0.119 e. The first-order valence-electron chi connectivity index (χ1n) is 5.79. The molecule has 0 atom stereocenters. The molecular formula is C14H21NO. The van der Waals surface area contributed by atoms with Crippen LogP contribution >= 0.6 is 0 Å². The molecule has 0 fully saturated rings. The van der Waals surface area contributed by atoms with Crippen molar-refractivity contribution in [2.75, 3.05) is 13.2 Å². The van der Waals surface area contributed by atoms with Crippen LogP contribution in [0, 0.1) is 0 Å². The van der Waals surface area contributed by atoms with Crippen LogP contribution in [0.25, 0.3) is 0 Å². The van der Waals surface area contributed by atoms with Gasteiger partial charge in [0.2, 0.25) is 0 Å². The second-order valence-electron chi connectivity index (χ2n) is 4.07. The van der Waals surface area contributed by atoms with E-state index in [0.717, 1.165) is 24.4 Å². The summed E-state index contributed by atoms with van der Waals surface area (Å²) in [5.41, 5.74) is 2.32. The molecule has 2 nitrogen and oxygen atoms in total. The van der Waals surface area contributed by atoms with E-state index in [4.69, 9.17) is 4.74 Å². The van der Waals surface area contributed by atoms with E-state index in [0.29, 0.717) is 6.61 Å². The quantitative estimate of drug-likeness (QED) is 0.562. The van der Waals surface area contributed by atoms with Gasteiger partial charge < -0.3 is 10.1 Å². The molecule has 0 bridgehead atoms. The molecule has 0 saturated heterocycles. The van der Waals surface area contributed by atoms with E-state index in [1.807, 2.05) is 19.1 Å². The van der Waals surface area contributed by atoms with Gasteiger partial charge in [-0.15, -0.1) is 0 Å². The van der Waals surface area contributed by atoms with Crippen molar-refractivity contribution in [2.45, 2.75) is 26.8 Å². The topological polar surface area (TPSA) is 21.3 Å². The normalized spacial score (nSPS) is 10.1. The number of hydrogen-bond acceptors (Lipinski definition) is 2. The molecular weight excluding hydrogens is 198 g/mol. The van der Waals surface area contributed by atoms with Gasteiger partial charge in [0, 0.05) is 6.54 Å². The third-order valence-corrected chi connectivity index (χ3v) is 2.16. The summed E-state index contributed by atoms with van der Waals surface area (Å²) in [4.78, 5) is 0. The van der Waals surface area contributed by atoms with Gasteiger partial charge in [-0.2, -0.15) is 0 Å². The third kappa shape index (κ3) is 4.99. The van der Waals surface area contributed by atoms with Crippen LogP contribution in [0.5, 0.6) is 5.75 Å². The molecule has 0 amide bonds. The Hall–Kier alpha value is -1.28. The van der Waals surface area contributed by atoms with Crippen molar-refractivity contribution in [3.8, 4) is 5.75 Å². The van der Waals surface area contributed by atoms with Gasteiger partial charge in [0.15, 0.2) is 0 Å². The first-order chi connectivity index (χ1) is 7.72. The van der Waals surface area contributed by atoms with Crippen LogP contribution in [0.3, 0.4) is 0 Å². The largest absolute Gasteiger partial charge is 0.489 e. The molecule has 0 aliphatic rings. The summed E-state index contributed by atoms with van der Waals surface area (Å²) in [5.74, 6) is 0.905. The van der Waals surface area contributed by atoms with Gasteiger partial charge in [-0.1, -0.05) is 25.6 Å². The molecule has 1 aromatic carbocycles. The maximum absolute atomic E-state index is 5.53. The average molecular weight is 219 g/mol. The van der Waals surface area contributed by atoms with Gasteiger partial charge in [-0.05, 0) is 43.2 Å². The number of hydrogen-bond donors (Lipinski definition) is 1. The number of ether oxygens (including phenoxy) is 1. The fraction of sp³-hybridized carbons (Fsp3) is 0.429. The summed E-state index contributed by atoms with van der Waals surface area (Å²) in [6, 6.07) is 8.20. The summed E-state index contributed by atoms with van der Waals surface area (Å²) in [6.07, 6.45) is 1.17. The van der Waals surface area contributed by atoms with Crippen LogP contribution < -0.4 is 10.1 Å². The summed E-state index contributed by atoms with van der Waals surface area (Å²) in [6.45, 7) is 10.5. The first-order valence-corrected chi connectivity index (χ1v) is 5.79. The molecule has 2 heteroatoms. The minimum atomic E-state index is 0.591. The molecule has 0 heterocycles. The highest BCUT2D eigenvalue weighted by molar-refractivity contribution is 5.27. The number of rotatable bonds is 7. The third-order valence-electron chi connectivity index (χ3n) is 2.16. The molecule has 1 N–H and O–H groups in total. The van der Waals surface area contributed by atoms with Gasteiger partial charge >= 0.3 is 0 Å². The van der Waals surface area contributed by atoms with E-state index >= 15 is 0 Å². The molecule has 0 aromatic heterocycles. The zero-order valence-corrected chi connectivity index (χ0v) is 10.3. The lowest BCUT2D eigenvalue weighted by atomic mass is 10.2. The van der Waals surface area contributed by atoms with Gasteiger partial charge in [0.1, 0.15) is 12.4 Å². The molecule has 1 rings (SSSR count). The molecule has 0 radical (unpaired) electrons. The van der Waals surface area contributed by atoms with Crippen molar-refractivity contribution < 1.29 is 4.74 Å². The Morgan fingerprint density at radius 3 is 2.56 bits per heavy atom. The fourth-order valence-electron chi connectivity index (χ4n) is 1.32. The van der Waals surface area contributed by atoms with E-state index in [1.165, 1.54) is 12.0 Å². The van der Waals surface area contributed by atoms with Crippen molar-refractivity contribution in [2.24, 2.45) is 0 Å². The van der Waals surface area contributed by atoms with Crippen molar-refractivity contribution in [3.63, 3.8) is 0 Å². The van der Waals surface area contributed by atoms with E-state index in [-0.39, 0.29) is 0 Å². The minimum absolute atomic E-state index is 0.591. The summed E-state index contributed by atoms with van der Waals surface area (Å²) in [5, 5.41) is 3.37. The van der Waals surface area contributed by atoms with E-state index in [9.17, 15) is 0 Å². The fourth-order valence-corrected chi connectivity index (χ4v) is 1.32. The first kappa shape index (κ1) is 12.8. The predicted molar refractivity (Wildman–Crippen MR) is 68.7 cm³/mol. The Kier molecular flexibility index (Phi) is 5.65. The maximum atomic E-state index is 5.53. The second kappa shape index (κ2) is 7.07. The van der Waals surface area contributed by atoms with Crippen LogP contribution in [0.4, 0.5) is 0 Å². The van der Waals surface area contributed by atoms with Crippen molar-refractivity contribution in [1.82, 2.24) is 5.32 Å². The highest BCUT2D eigenvalue weighted by Gasteiger charge is 1.95. The summed E-state index contributed by atoms with van der Waals surface area (Å²) >= 11 is 0. The number of nitrogens with one attached hydrogen (secondary N) is 1. The van der Waals surface area contributed by atoms with E-state index < -0.39 is 0 Å². The van der Waals surface area contributed by atoms with Gasteiger partial charge in [-0.3, -0.25) is 0 Å². The lowest BCUT2D eigenvalue weighted by Gasteiger charge is -2.07. The SMILES string of the molecule is C=C(C)COc1ccc(CNCCC)cc1. The van der Waals surface area contributed by atoms with Gasteiger partial charge in [0.05, 0.1) is 0 Å². The monoisotopic (exact) mass is 219 g/mol. The van der Waals surface area contributed by atoms with Crippen LogP contribution in [-0.2, 0) is 6.54 Å². The van der Waals surface area contributed by atoms with E-state index in [2.05, 4.69) is 31.0 Å². The highest BCUT2D eigenvalue weighted by Crippen LogP contribution is 2.12. The summed E-state index contributed by atoms with van der Waals surface area (Å²) in [7, 11) is 0. The Morgan fingerprint density at radius 1 is 1.31 bits per heavy atom. The Morgan fingerprint density at radius 2 is 2.00 bits per heavy atom. The van der Waals surface area contributed by atoms with Gasteiger partial charge in [0.25, 0.3) is 0 Å². The average Bonchev–Trinajstić information content (AvgIpc) is 2.28. The van der Waals surface area contributed by atoms with E-state index in [1.54, 1.807) is 0 Å². The molecule has 16 heavy (non-hydrogen) atoms. The number of benzene rings is 1. The van der Waals surface area contributed by atoms with Crippen molar-refractivity contribution in [3.05, 3.63) is 42.0 Å². The van der Waals surface area contributed by atoms with Crippen LogP contribution in [0.2, 0.25) is 0 Å². The standard InChI is InChI=1S/C14H21NO/c1-4-9-15-10-13-5-7-14(8-6-13)16-11-12(2)3/h5-8,15H,2,4,9-11H2,1,3H3. The van der Waals surface area contributed by atoms with Crippen LogP contribution in [0.1, 0.15) is 25.8 Å². The van der Waals surface area contributed by atoms with Crippen LogP contribution in [-0.4, -0.2) is 13.2 Å². The molecule has 0 unspecified atom stereocenters. The van der Waals surface area contributed by atoms with Gasteiger partial charge in [-0.25, -0.2) is 0 Å². The highest BCUT2D eigenvalue weighted by atomic mass is 16.5. The molecule has 0 aliphatic carbocycles. The van der Waals surface area contributed by atoms with Crippen molar-refractivity contribution in [1.29, 1.82) is 0 Å². The lowest BCUT2D eigenvalue weighted by molar-refractivity contribution is 0.352. The van der Waals surface area contributed by atoms with Crippen molar-refractivity contribution >= 4 is 0 Å². The molecule has 0 aliphatic heterocycles. The molecule has 0 saturated carbocycles.